The summed E-state index contributed by atoms with van der Waals surface area (Å²) in [6, 6.07) is 7.46. The van der Waals surface area contributed by atoms with Gasteiger partial charge in [0.25, 0.3) is 5.91 Å². The summed E-state index contributed by atoms with van der Waals surface area (Å²) in [5.41, 5.74) is 1.48. The highest BCUT2D eigenvalue weighted by Crippen LogP contribution is 2.24. The highest BCUT2D eigenvalue weighted by Gasteiger charge is 2.13. The molecule has 0 aliphatic rings. The zero-order valence-electron chi connectivity index (χ0n) is 11.3. The topological polar surface area (TPSA) is 54.9 Å². The van der Waals surface area contributed by atoms with Crippen LogP contribution in [0.3, 0.4) is 0 Å². The standard InChI is InChI=1S/C15H12ClN3OS/c1-9-8-21-13(19-9)7-18-15(20)12-6-17-14(16)11-5-3-2-4-10(11)12/h2-6,8H,7H2,1H3,(H,18,20). The molecule has 1 N–H and O–H groups in total. The van der Waals surface area contributed by atoms with Gasteiger partial charge in [0.15, 0.2) is 0 Å². The van der Waals surface area contributed by atoms with Gasteiger partial charge in [-0.25, -0.2) is 9.97 Å². The summed E-state index contributed by atoms with van der Waals surface area (Å²) in [6.45, 7) is 2.34. The van der Waals surface area contributed by atoms with Crippen molar-refractivity contribution in [2.45, 2.75) is 13.5 Å². The van der Waals surface area contributed by atoms with E-state index in [1.54, 1.807) is 0 Å². The third kappa shape index (κ3) is 2.89. The van der Waals surface area contributed by atoms with Crippen LogP contribution in [0.15, 0.2) is 35.8 Å². The minimum absolute atomic E-state index is 0.178. The van der Waals surface area contributed by atoms with Crippen LogP contribution in [0.5, 0.6) is 0 Å². The first-order chi connectivity index (χ1) is 10.1. The van der Waals surface area contributed by atoms with Crippen LogP contribution in [-0.2, 0) is 6.54 Å². The maximum absolute atomic E-state index is 12.3. The molecule has 0 spiro atoms. The number of carbonyl (C=O) groups excluding carboxylic acids is 1. The van der Waals surface area contributed by atoms with E-state index in [-0.39, 0.29) is 5.91 Å². The van der Waals surface area contributed by atoms with Gasteiger partial charge in [0.05, 0.1) is 12.1 Å². The molecule has 0 aliphatic carbocycles. The second kappa shape index (κ2) is 5.79. The van der Waals surface area contributed by atoms with Crippen molar-refractivity contribution in [3.63, 3.8) is 0 Å². The summed E-state index contributed by atoms with van der Waals surface area (Å²) in [6.07, 6.45) is 1.51. The van der Waals surface area contributed by atoms with Crippen LogP contribution in [0.1, 0.15) is 21.1 Å². The Morgan fingerprint density at radius 3 is 2.81 bits per heavy atom. The molecule has 3 aromatic rings. The Morgan fingerprint density at radius 2 is 2.10 bits per heavy atom. The largest absolute Gasteiger partial charge is 0.345 e. The first kappa shape index (κ1) is 14.0. The predicted octanol–water partition coefficient (Wildman–Crippen LogP) is 3.58. The quantitative estimate of drug-likeness (QED) is 0.751. The Kier molecular flexibility index (Phi) is 3.86. The van der Waals surface area contributed by atoms with E-state index in [0.29, 0.717) is 17.3 Å². The first-order valence-corrected chi connectivity index (χ1v) is 7.63. The Labute approximate surface area is 130 Å². The van der Waals surface area contributed by atoms with Crippen LogP contribution >= 0.6 is 22.9 Å². The van der Waals surface area contributed by atoms with Gasteiger partial charge in [-0.3, -0.25) is 4.79 Å². The van der Waals surface area contributed by atoms with Crippen molar-refractivity contribution in [2.75, 3.05) is 0 Å². The molecular weight excluding hydrogens is 306 g/mol. The lowest BCUT2D eigenvalue weighted by Crippen LogP contribution is -2.23. The van der Waals surface area contributed by atoms with Crippen molar-refractivity contribution in [2.24, 2.45) is 0 Å². The van der Waals surface area contributed by atoms with E-state index in [1.807, 2.05) is 36.6 Å². The molecule has 0 fully saturated rings. The Balaban J connectivity index is 1.86. The van der Waals surface area contributed by atoms with Crippen LogP contribution in [-0.4, -0.2) is 15.9 Å². The van der Waals surface area contributed by atoms with Gasteiger partial charge in [0, 0.05) is 22.7 Å². The zero-order valence-corrected chi connectivity index (χ0v) is 12.8. The van der Waals surface area contributed by atoms with Crippen LogP contribution in [0.25, 0.3) is 10.8 Å². The van der Waals surface area contributed by atoms with Gasteiger partial charge >= 0.3 is 0 Å². The molecule has 2 aromatic heterocycles. The number of thiazole rings is 1. The van der Waals surface area contributed by atoms with E-state index in [9.17, 15) is 4.79 Å². The number of hydrogen-bond donors (Lipinski definition) is 1. The van der Waals surface area contributed by atoms with Crippen LogP contribution in [0, 0.1) is 6.92 Å². The molecule has 21 heavy (non-hydrogen) atoms. The molecule has 0 aliphatic heterocycles. The molecule has 0 radical (unpaired) electrons. The van der Waals surface area contributed by atoms with Crippen molar-refractivity contribution in [1.82, 2.24) is 15.3 Å². The number of nitrogens with one attached hydrogen (secondary N) is 1. The smallest absolute Gasteiger partial charge is 0.253 e. The highest BCUT2D eigenvalue weighted by atomic mass is 35.5. The number of benzene rings is 1. The molecule has 0 saturated heterocycles. The summed E-state index contributed by atoms with van der Waals surface area (Å²) >= 11 is 7.59. The van der Waals surface area contributed by atoms with Crippen molar-refractivity contribution in [3.05, 3.63) is 57.3 Å². The van der Waals surface area contributed by atoms with E-state index in [0.717, 1.165) is 21.5 Å². The average molecular weight is 318 g/mol. The Hall–Kier alpha value is -1.98. The van der Waals surface area contributed by atoms with Gasteiger partial charge in [-0.1, -0.05) is 35.9 Å². The molecule has 0 bridgehead atoms. The molecule has 3 rings (SSSR count). The fourth-order valence-electron chi connectivity index (χ4n) is 2.07. The summed E-state index contributed by atoms with van der Waals surface area (Å²) in [4.78, 5) is 20.7. The molecule has 2 heterocycles. The molecule has 0 saturated carbocycles. The number of aryl methyl sites for hydroxylation is 1. The fourth-order valence-corrected chi connectivity index (χ4v) is 3.00. The van der Waals surface area contributed by atoms with E-state index < -0.39 is 0 Å². The van der Waals surface area contributed by atoms with Crippen molar-refractivity contribution >= 4 is 39.6 Å². The Bertz CT molecular complexity index is 816. The number of hydrogen-bond acceptors (Lipinski definition) is 4. The zero-order chi connectivity index (χ0) is 14.8. The SMILES string of the molecule is Cc1csc(CNC(=O)c2cnc(Cl)c3ccccc23)n1. The molecule has 0 atom stereocenters. The number of fused-ring (bicyclic) bond motifs is 1. The van der Waals surface area contributed by atoms with E-state index in [2.05, 4.69) is 15.3 Å². The van der Waals surface area contributed by atoms with E-state index in [4.69, 9.17) is 11.6 Å². The molecule has 106 valence electrons. The number of amides is 1. The Morgan fingerprint density at radius 1 is 1.33 bits per heavy atom. The van der Waals surface area contributed by atoms with Crippen LogP contribution in [0.2, 0.25) is 5.15 Å². The van der Waals surface area contributed by atoms with E-state index >= 15 is 0 Å². The lowest BCUT2D eigenvalue weighted by atomic mass is 10.1. The summed E-state index contributed by atoms with van der Waals surface area (Å²) in [5.74, 6) is -0.178. The first-order valence-electron chi connectivity index (χ1n) is 6.37. The summed E-state index contributed by atoms with van der Waals surface area (Å²) in [5, 5.41) is 7.68. The lowest BCUT2D eigenvalue weighted by Gasteiger charge is -2.07. The van der Waals surface area contributed by atoms with Gasteiger partial charge in [0.2, 0.25) is 0 Å². The number of aromatic nitrogens is 2. The molecule has 1 aromatic carbocycles. The maximum Gasteiger partial charge on any atom is 0.253 e. The van der Waals surface area contributed by atoms with Gasteiger partial charge in [-0.05, 0) is 12.3 Å². The second-order valence-electron chi connectivity index (χ2n) is 4.57. The normalized spacial score (nSPS) is 10.8. The van der Waals surface area contributed by atoms with Crippen molar-refractivity contribution in [1.29, 1.82) is 0 Å². The highest BCUT2D eigenvalue weighted by molar-refractivity contribution is 7.09. The lowest BCUT2D eigenvalue weighted by molar-refractivity contribution is 0.0952. The molecule has 1 amide bonds. The number of rotatable bonds is 3. The molecular formula is C15H12ClN3OS. The average Bonchev–Trinajstić information content (AvgIpc) is 2.91. The van der Waals surface area contributed by atoms with Gasteiger partial charge in [-0.15, -0.1) is 11.3 Å². The fraction of sp³-hybridized carbons (Fsp3) is 0.133. The van der Waals surface area contributed by atoms with E-state index in [1.165, 1.54) is 17.5 Å². The predicted molar refractivity (Wildman–Crippen MR) is 84.8 cm³/mol. The summed E-state index contributed by atoms with van der Waals surface area (Å²) in [7, 11) is 0. The van der Waals surface area contributed by atoms with Gasteiger partial charge in [0.1, 0.15) is 10.2 Å². The van der Waals surface area contributed by atoms with Crippen LogP contribution in [0.4, 0.5) is 0 Å². The monoisotopic (exact) mass is 317 g/mol. The summed E-state index contributed by atoms with van der Waals surface area (Å²) < 4.78 is 0. The number of pyridine rings is 1. The minimum Gasteiger partial charge on any atom is -0.345 e. The number of nitrogens with zero attached hydrogens (tertiary/aromatic N) is 2. The van der Waals surface area contributed by atoms with Crippen LogP contribution < -0.4 is 5.32 Å². The van der Waals surface area contributed by atoms with Gasteiger partial charge < -0.3 is 5.32 Å². The molecule has 6 heteroatoms. The third-order valence-corrected chi connectivity index (χ3v) is 4.33. The molecule has 0 unspecified atom stereocenters. The molecule has 4 nitrogen and oxygen atoms in total. The van der Waals surface area contributed by atoms with Gasteiger partial charge in [-0.2, -0.15) is 0 Å². The van der Waals surface area contributed by atoms with Crippen molar-refractivity contribution in [3.8, 4) is 0 Å². The second-order valence-corrected chi connectivity index (χ2v) is 5.87. The van der Waals surface area contributed by atoms with Crippen molar-refractivity contribution < 1.29 is 4.79 Å². The third-order valence-electron chi connectivity index (χ3n) is 3.06. The maximum atomic E-state index is 12.3. The number of halogens is 1. The number of carbonyl (C=O) groups is 1. The minimum atomic E-state index is -0.178.